The van der Waals surface area contributed by atoms with E-state index in [1.165, 1.54) is 35.3 Å². The zero-order chi connectivity index (χ0) is 25.7. The van der Waals surface area contributed by atoms with Crippen molar-refractivity contribution in [1.29, 1.82) is 0 Å². The summed E-state index contributed by atoms with van der Waals surface area (Å²) in [6.45, 7) is 2.35. The minimum absolute atomic E-state index is 0.0193. The number of hydrogen-bond donors (Lipinski definition) is 2. The Morgan fingerprint density at radius 2 is 2.08 bits per heavy atom. The molecule has 1 aromatic carbocycles. The fourth-order valence-corrected chi connectivity index (χ4v) is 7.49. The molecule has 2 aliphatic rings. The van der Waals surface area contributed by atoms with Gasteiger partial charge in [0.05, 0.1) is 11.7 Å². The molecule has 0 radical (unpaired) electrons. The average Bonchev–Trinajstić information content (AvgIpc) is 3.57. The van der Waals surface area contributed by atoms with Crippen LogP contribution in [0.2, 0.25) is 0 Å². The van der Waals surface area contributed by atoms with Crippen LogP contribution in [0.5, 0.6) is 0 Å². The minimum atomic E-state index is -1.08. The van der Waals surface area contributed by atoms with Crippen molar-refractivity contribution in [3.8, 4) is 0 Å². The number of halogens is 1. The van der Waals surface area contributed by atoms with Crippen molar-refractivity contribution in [3.63, 3.8) is 0 Å². The highest BCUT2D eigenvalue weighted by Crippen LogP contribution is 2.42. The number of nitrogens with one attached hydrogen (secondary N) is 1. The fraction of sp³-hybridized carbons (Fsp3) is 0.458. The van der Waals surface area contributed by atoms with Crippen LogP contribution in [0.15, 0.2) is 35.2 Å². The number of hydrogen-bond acceptors (Lipinski definition) is 9. The molecular formula is C24H27FN4O4S3. The van der Waals surface area contributed by atoms with Gasteiger partial charge in [-0.25, -0.2) is 9.18 Å². The summed E-state index contributed by atoms with van der Waals surface area (Å²) in [6.07, 6.45) is 4.34. The van der Waals surface area contributed by atoms with Crippen molar-refractivity contribution in [3.05, 3.63) is 52.3 Å². The fourth-order valence-electron chi connectivity index (χ4n) is 4.20. The number of aliphatic carboxylic acids is 1. The molecule has 1 saturated carbocycles. The first-order valence-corrected chi connectivity index (χ1v) is 14.8. The van der Waals surface area contributed by atoms with Crippen LogP contribution in [0.1, 0.15) is 43.5 Å². The summed E-state index contributed by atoms with van der Waals surface area (Å²) in [4.78, 5) is 38.2. The number of Topliss-reactive ketones (excluding diaryl/α,β-unsaturated/α-hetero) is 1. The molecule has 4 rings (SSSR count). The van der Waals surface area contributed by atoms with Gasteiger partial charge >= 0.3 is 5.97 Å². The van der Waals surface area contributed by atoms with Crippen molar-refractivity contribution in [1.82, 2.24) is 19.8 Å². The van der Waals surface area contributed by atoms with Crippen LogP contribution in [0.4, 0.5) is 4.39 Å². The van der Waals surface area contributed by atoms with E-state index in [-0.39, 0.29) is 28.5 Å². The maximum absolute atomic E-state index is 14.8. The second-order valence-corrected chi connectivity index (χ2v) is 12.1. The van der Waals surface area contributed by atoms with Gasteiger partial charge in [0.1, 0.15) is 11.9 Å². The predicted octanol–water partition coefficient (Wildman–Crippen LogP) is 3.83. The number of nitrogens with zero attached hydrogens (tertiary/aromatic N) is 3. The maximum Gasteiger partial charge on any atom is 0.327 e. The molecule has 2 N–H and O–H groups in total. The van der Waals surface area contributed by atoms with Crippen LogP contribution < -0.4 is 5.32 Å². The van der Waals surface area contributed by atoms with Crippen LogP contribution in [0.3, 0.4) is 0 Å². The number of carbonyl (C=O) groups is 3. The minimum Gasteiger partial charge on any atom is -0.480 e. The molecule has 2 fully saturated rings. The van der Waals surface area contributed by atoms with Gasteiger partial charge in [-0.15, -0.1) is 5.10 Å². The highest BCUT2D eigenvalue weighted by atomic mass is 33.1. The number of carboxylic acid groups (broad SMARTS) is 1. The first kappa shape index (κ1) is 26.8. The van der Waals surface area contributed by atoms with E-state index in [0.29, 0.717) is 30.8 Å². The normalized spacial score (nSPS) is 21.2. The molecular weight excluding hydrogens is 523 g/mol. The predicted molar refractivity (Wildman–Crippen MR) is 140 cm³/mol. The summed E-state index contributed by atoms with van der Waals surface area (Å²) in [6, 6.07) is 4.86. The van der Waals surface area contributed by atoms with Gasteiger partial charge in [-0.3, -0.25) is 14.5 Å². The van der Waals surface area contributed by atoms with Gasteiger partial charge in [0.25, 0.3) is 0 Å². The van der Waals surface area contributed by atoms with Gasteiger partial charge in [-0.2, -0.15) is 0 Å². The standard InChI is InChI=1S/C24H27FN4O4S3/c1-14(30)26-20(24(32)33)13-35-36-21-8-9-29(11-16(21)10-17-12-34-28-27-17)22(23(31)15-6-7-15)18-4-2-3-5-19(18)25/h2-5,10,12,15,20-22H,6-9,11,13H2,1H3,(H,26,30)(H,32,33)/b16-10+/t20-,21?,22?/m0/s1. The molecule has 1 saturated heterocycles. The molecule has 2 heterocycles. The van der Waals surface area contributed by atoms with E-state index in [0.717, 1.165) is 18.4 Å². The third-order valence-corrected chi connectivity index (χ3v) is 9.51. The van der Waals surface area contributed by atoms with E-state index in [4.69, 9.17) is 0 Å². The Balaban J connectivity index is 1.52. The highest BCUT2D eigenvalue weighted by Gasteiger charge is 2.41. The molecule has 1 aliphatic carbocycles. The summed E-state index contributed by atoms with van der Waals surface area (Å²) in [5, 5.41) is 17.8. The van der Waals surface area contributed by atoms with Crippen molar-refractivity contribution in [2.75, 3.05) is 18.8 Å². The van der Waals surface area contributed by atoms with Gasteiger partial charge in [0.2, 0.25) is 5.91 Å². The lowest BCUT2D eigenvalue weighted by molar-refractivity contribution is -0.140. The SMILES string of the molecule is CC(=O)N[C@@H](CSSC1CCN(C(C(=O)C2CC2)c2ccccc2F)C/C1=C\c1csnn1)C(=O)O. The molecule has 2 unspecified atom stereocenters. The molecule has 8 nitrogen and oxygen atoms in total. The number of benzene rings is 1. The molecule has 1 aromatic heterocycles. The lowest BCUT2D eigenvalue weighted by Crippen LogP contribution is -2.43. The number of likely N-dealkylation sites (tertiary alicyclic amines) is 1. The average molecular weight is 551 g/mol. The quantitative estimate of drug-likeness (QED) is 0.403. The zero-order valence-corrected chi connectivity index (χ0v) is 22.1. The zero-order valence-electron chi connectivity index (χ0n) is 19.6. The molecule has 36 heavy (non-hydrogen) atoms. The summed E-state index contributed by atoms with van der Waals surface area (Å²) in [7, 11) is 2.93. The van der Waals surface area contributed by atoms with E-state index < -0.39 is 24.0 Å². The number of amides is 1. The van der Waals surface area contributed by atoms with Crippen LogP contribution in [0, 0.1) is 11.7 Å². The Hall–Kier alpha value is -2.28. The first-order chi connectivity index (χ1) is 17.3. The van der Waals surface area contributed by atoms with Gasteiger partial charge < -0.3 is 10.4 Å². The van der Waals surface area contributed by atoms with Crippen LogP contribution in [-0.4, -0.2) is 67.4 Å². The first-order valence-electron chi connectivity index (χ1n) is 11.6. The molecule has 192 valence electrons. The molecule has 1 aliphatic heterocycles. The van der Waals surface area contributed by atoms with Crippen molar-refractivity contribution in [2.45, 2.75) is 43.5 Å². The Morgan fingerprint density at radius 3 is 2.72 bits per heavy atom. The molecule has 2 aromatic rings. The third-order valence-electron chi connectivity index (χ3n) is 6.10. The Labute approximate surface area is 220 Å². The number of piperidine rings is 1. The molecule has 0 spiro atoms. The van der Waals surface area contributed by atoms with Crippen molar-refractivity contribution < 1.29 is 23.9 Å². The maximum atomic E-state index is 14.8. The molecule has 1 amide bonds. The molecule has 3 atom stereocenters. The lowest BCUT2D eigenvalue weighted by Gasteiger charge is -2.38. The van der Waals surface area contributed by atoms with Gasteiger partial charge in [0, 0.05) is 47.9 Å². The van der Waals surface area contributed by atoms with Crippen LogP contribution in [0.25, 0.3) is 6.08 Å². The number of carbonyl (C=O) groups excluding carboxylic acids is 2. The largest absolute Gasteiger partial charge is 0.480 e. The summed E-state index contributed by atoms with van der Waals surface area (Å²) in [5.74, 6) is -1.59. The Kier molecular flexibility index (Phi) is 9.15. The Bertz CT molecular complexity index is 1130. The monoisotopic (exact) mass is 550 g/mol. The summed E-state index contributed by atoms with van der Waals surface area (Å²) in [5.41, 5.74) is 2.14. The van der Waals surface area contributed by atoms with E-state index in [9.17, 15) is 23.9 Å². The van der Waals surface area contributed by atoms with Gasteiger partial charge in [-0.1, -0.05) is 44.3 Å². The highest BCUT2D eigenvalue weighted by molar-refractivity contribution is 8.77. The van der Waals surface area contributed by atoms with E-state index in [1.54, 1.807) is 29.0 Å². The van der Waals surface area contributed by atoms with Crippen molar-refractivity contribution in [2.24, 2.45) is 5.92 Å². The van der Waals surface area contributed by atoms with Crippen LogP contribution >= 0.6 is 33.1 Å². The lowest BCUT2D eigenvalue weighted by atomic mass is 9.93. The van der Waals surface area contributed by atoms with Crippen molar-refractivity contribution >= 4 is 56.9 Å². The molecule has 12 heteroatoms. The topological polar surface area (TPSA) is 112 Å². The van der Waals surface area contributed by atoms with Crippen LogP contribution in [-0.2, 0) is 14.4 Å². The van der Waals surface area contributed by atoms with Gasteiger partial charge in [0.15, 0.2) is 5.78 Å². The summed E-state index contributed by atoms with van der Waals surface area (Å²) < 4.78 is 18.8. The number of ketones is 1. The number of carboxylic acids is 1. The van der Waals surface area contributed by atoms with E-state index in [1.807, 2.05) is 16.4 Å². The second kappa shape index (κ2) is 12.3. The summed E-state index contributed by atoms with van der Waals surface area (Å²) >= 11 is 1.24. The third kappa shape index (κ3) is 6.93. The van der Waals surface area contributed by atoms with E-state index in [2.05, 4.69) is 14.9 Å². The van der Waals surface area contributed by atoms with E-state index >= 15 is 0 Å². The van der Waals surface area contributed by atoms with Gasteiger partial charge in [-0.05, 0) is 48.5 Å². The second-order valence-electron chi connectivity index (χ2n) is 8.87. The number of rotatable bonds is 11. The smallest absolute Gasteiger partial charge is 0.327 e. The Morgan fingerprint density at radius 1 is 1.31 bits per heavy atom. The molecule has 0 bridgehead atoms. The number of aromatic nitrogens is 2.